The number of rotatable bonds is 4. The Hall–Kier alpha value is -1.55. The predicted octanol–water partition coefficient (Wildman–Crippen LogP) is 1.62. The molecule has 0 saturated carbocycles. The molecule has 0 radical (unpaired) electrons. The summed E-state index contributed by atoms with van der Waals surface area (Å²) in [5, 5.41) is 0. The molecule has 0 bridgehead atoms. The molecule has 0 spiro atoms. The minimum atomic E-state index is -0.227. The van der Waals surface area contributed by atoms with Gasteiger partial charge in [-0.15, -0.1) is 0 Å². The molecule has 2 unspecified atom stereocenters. The first-order valence-electron chi connectivity index (χ1n) is 6.24. The number of hydrogen-bond donors (Lipinski definition) is 1. The number of hydrogen-bond acceptors (Lipinski definition) is 4. The highest BCUT2D eigenvalue weighted by molar-refractivity contribution is 5.71. The topological polar surface area (TPSA) is 61.5 Å². The molecule has 0 heterocycles. The molecule has 2 atom stereocenters. The van der Waals surface area contributed by atoms with E-state index in [-0.39, 0.29) is 17.9 Å². The Morgan fingerprint density at radius 3 is 2.94 bits per heavy atom. The van der Waals surface area contributed by atoms with Crippen molar-refractivity contribution in [2.45, 2.75) is 31.7 Å². The maximum absolute atomic E-state index is 11.5. The van der Waals surface area contributed by atoms with E-state index in [0.29, 0.717) is 13.0 Å². The van der Waals surface area contributed by atoms with Crippen molar-refractivity contribution in [2.75, 3.05) is 13.7 Å². The van der Waals surface area contributed by atoms with Crippen molar-refractivity contribution >= 4 is 5.97 Å². The number of methoxy groups -OCH3 is 1. The van der Waals surface area contributed by atoms with Crippen LogP contribution in [0.25, 0.3) is 0 Å². The van der Waals surface area contributed by atoms with E-state index >= 15 is 0 Å². The summed E-state index contributed by atoms with van der Waals surface area (Å²) in [5.74, 6) is 0.613. The molecular formula is C14H19NO3. The van der Waals surface area contributed by atoms with Crippen molar-refractivity contribution in [3.8, 4) is 5.75 Å². The van der Waals surface area contributed by atoms with Crippen LogP contribution in [0.5, 0.6) is 5.75 Å². The zero-order valence-corrected chi connectivity index (χ0v) is 10.8. The van der Waals surface area contributed by atoms with Gasteiger partial charge in [0, 0.05) is 17.5 Å². The number of carbonyl (C=O) groups is 1. The average molecular weight is 249 g/mol. The van der Waals surface area contributed by atoms with Crippen molar-refractivity contribution in [1.29, 1.82) is 0 Å². The van der Waals surface area contributed by atoms with Gasteiger partial charge in [0.15, 0.2) is 0 Å². The van der Waals surface area contributed by atoms with Gasteiger partial charge in [-0.25, -0.2) is 0 Å². The minimum absolute atomic E-state index is 0.00444. The van der Waals surface area contributed by atoms with Gasteiger partial charge in [-0.3, -0.25) is 4.79 Å². The summed E-state index contributed by atoms with van der Waals surface area (Å²) in [6, 6.07) is 5.91. The van der Waals surface area contributed by atoms with Gasteiger partial charge in [0.1, 0.15) is 5.75 Å². The second kappa shape index (κ2) is 5.40. The largest absolute Gasteiger partial charge is 0.494 e. The number of esters is 1. The first-order chi connectivity index (χ1) is 8.67. The molecule has 0 fully saturated rings. The lowest BCUT2D eigenvalue weighted by Crippen LogP contribution is -2.27. The molecule has 18 heavy (non-hydrogen) atoms. The van der Waals surface area contributed by atoms with E-state index in [1.807, 2.05) is 19.1 Å². The average Bonchev–Trinajstić information content (AvgIpc) is 2.67. The molecule has 1 aliphatic rings. The fraction of sp³-hybridized carbons (Fsp3) is 0.500. The van der Waals surface area contributed by atoms with Crippen molar-refractivity contribution in [1.82, 2.24) is 0 Å². The minimum Gasteiger partial charge on any atom is -0.494 e. The Balaban J connectivity index is 2.32. The van der Waals surface area contributed by atoms with Crippen molar-refractivity contribution in [3.63, 3.8) is 0 Å². The first-order valence-corrected chi connectivity index (χ1v) is 6.24. The Morgan fingerprint density at radius 2 is 2.28 bits per heavy atom. The SMILES string of the molecule is CCOc1cccc2c1C(CC(=O)OC)C(N)C2. The molecule has 2 rings (SSSR count). The maximum atomic E-state index is 11.5. The van der Waals surface area contributed by atoms with Crippen molar-refractivity contribution in [2.24, 2.45) is 5.73 Å². The normalized spacial score (nSPS) is 21.5. The van der Waals surface area contributed by atoms with Crippen LogP contribution in [0.3, 0.4) is 0 Å². The quantitative estimate of drug-likeness (QED) is 0.824. The smallest absolute Gasteiger partial charge is 0.306 e. The summed E-state index contributed by atoms with van der Waals surface area (Å²) in [5.41, 5.74) is 8.40. The van der Waals surface area contributed by atoms with Gasteiger partial charge in [-0.05, 0) is 25.0 Å². The van der Waals surface area contributed by atoms with Crippen LogP contribution in [0, 0.1) is 0 Å². The highest BCUT2D eigenvalue weighted by Gasteiger charge is 2.34. The Bertz CT molecular complexity index is 445. The van der Waals surface area contributed by atoms with Crippen LogP contribution in [0.1, 0.15) is 30.4 Å². The first kappa shape index (κ1) is 12.9. The monoisotopic (exact) mass is 249 g/mol. The molecular weight excluding hydrogens is 230 g/mol. The Labute approximate surface area is 107 Å². The van der Waals surface area contributed by atoms with E-state index < -0.39 is 0 Å². The molecule has 0 aliphatic heterocycles. The van der Waals surface area contributed by atoms with Crippen LogP contribution in [0.15, 0.2) is 18.2 Å². The summed E-state index contributed by atoms with van der Waals surface area (Å²) in [7, 11) is 1.40. The lowest BCUT2D eigenvalue weighted by Gasteiger charge is -2.18. The van der Waals surface area contributed by atoms with Crippen LogP contribution >= 0.6 is 0 Å². The second-order valence-electron chi connectivity index (χ2n) is 4.52. The van der Waals surface area contributed by atoms with E-state index in [9.17, 15) is 4.79 Å². The second-order valence-corrected chi connectivity index (χ2v) is 4.52. The van der Waals surface area contributed by atoms with E-state index in [1.165, 1.54) is 12.7 Å². The fourth-order valence-electron chi connectivity index (χ4n) is 2.60. The van der Waals surface area contributed by atoms with Gasteiger partial charge >= 0.3 is 5.97 Å². The van der Waals surface area contributed by atoms with E-state index in [2.05, 4.69) is 6.07 Å². The zero-order valence-electron chi connectivity index (χ0n) is 10.8. The van der Waals surface area contributed by atoms with Crippen LogP contribution in [-0.4, -0.2) is 25.7 Å². The highest BCUT2D eigenvalue weighted by atomic mass is 16.5. The fourth-order valence-corrected chi connectivity index (χ4v) is 2.60. The van der Waals surface area contributed by atoms with E-state index in [0.717, 1.165) is 17.7 Å². The van der Waals surface area contributed by atoms with Gasteiger partial charge in [0.05, 0.1) is 20.1 Å². The molecule has 4 heteroatoms. The molecule has 2 N–H and O–H groups in total. The third-order valence-electron chi connectivity index (χ3n) is 3.41. The van der Waals surface area contributed by atoms with Crippen LogP contribution in [0.4, 0.5) is 0 Å². The van der Waals surface area contributed by atoms with Gasteiger partial charge < -0.3 is 15.2 Å². The molecule has 0 saturated heterocycles. The van der Waals surface area contributed by atoms with Crippen LogP contribution < -0.4 is 10.5 Å². The molecule has 4 nitrogen and oxygen atoms in total. The molecule has 0 amide bonds. The van der Waals surface area contributed by atoms with Gasteiger partial charge in [0.25, 0.3) is 0 Å². The summed E-state index contributed by atoms with van der Waals surface area (Å²) >= 11 is 0. The number of benzene rings is 1. The predicted molar refractivity (Wildman–Crippen MR) is 68.7 cm³/mol. The molecule has 98 valence electrons. The number of carbonyl (C=O) groups excluding carboxylic acids is 1. The lowest BCUT2D eigenvalue weighted by atomic mass is 9.94. The molecule has 1 aromatic rings. The summed E-state index contributed by atoms with van der Waals surface area (Å²) in [6.45, 7) is 2.56. The van der Waals surface area contributed by atoms with Gasteiger partial charge in [-0.1, -0.05) is 12.1 Å². The number of nitrogens with two attached hydrogens (primary N) is 1. The lowest BCUT2D eigenvalue weighted by molar-refractivity contribution is -0.141. The third kappa shape index (κ3) is 2.34. The Kier molecular flexibility index (Phi) is 3.87. The third-order valence-corrected chi connectivity index (χ3v) is 3.41. The molecule has 1 aromatic carbocycles. The number of fused-ring (bicyclic) bond motifs is 1. The van der Waals surface area contributed by atoms with Gasteiger partial charge in [0.2, 0.25) is 0 Å². The summed E-state index contributed by atoms with van der Waals surface area (Å²) in [6.07, 6.45) is 1.10. The number of ether oxygens (including phenoxy) is 2. The van der Waals surface area contributed by atoms with E-state index in [1.54, 1.807) is 0 Å². The maximum Gasteiger partial charge on any atom is 0.306 e. The van der Waals surface area contributed by atoms with Crippen LogP contribution in [0.2, 0.25) is 0 Å². The van der Waals surface area contributed by atoms with Crippen LogP contribution in [-0.2, 0) is 16.0 Å². The van der Waals surface area contributed by atoms with Crippen molar-refractivity contribution in [3.05, 3.63) is 29.3 Å². The van der Waals surface area contributed by atoms with Gasteiger partial charge in [-0.2, -0.15) is 0 Å². The Morgan fingerprint density at radius 1 is 1.50 bits per heavy atom. The zero-order chi connectivity index (χ0) is 13.1. The molecule has 0 aromatic heterocycles. The van der Waals surface area contributed by atoms with Crippen molar-refractivity contribution < 1.29 is 14.3 Å². The summed E-state index contributed by atoms with van der Waals surface area (Å²) in [4.78, 5) is 11.5. The standard InChI is InChI=1S/C14H19NO3/c1-3-18-12-6-4-5-9-7-11(15)10(14(9)12)8-13(16)17-2/h4-6,10-11H,3,7-8,15H2,1-2H3. The molecule has 1 aliphatic carbocycles. The highest BCUT2D eigenvalue weighted by Crippen LogP contribution is 2.40. The van der Waals surface area contributed by atoms with E-state index in [4.69, 9.17) is 15.2 Å². The summed E-state index contributed by atoms with van der Waals surface area (Å²) < 4.78 is 10.4.